The number of aliphatic hydroxyl groups excluding tert-OH is 17. The van der Waals surface area contributed by atoms with Crippen molar-refractivity contribution in [2.24, 2.45) is 0 Å². The Morgan fingerprint density at radius 2 is 0.762 bits per heavy atom. The molecule has 63 heavy (non-hydrogen) atoms. The van der Waals surface area contributed by atoms with Gasteiger partial charge >= 0.3 is 0 Å². The molecule has 1 unspecified atom stereocenters. The summed E-state index contributed by atoms with van der Waals surface area (Å²) in [6.45, 7) is -0.709. The molecule has 6 aliphatic heterocycles. The second-order valence-electron chi connectivity index (χ2n) is 16.3. The highest BCUT2D eigenvalue weighted by Gasteiger charge is 2.58. The fraction of sp³-hybridized carbons (Fsp3) is 1.00. The van der Waals surface area contributed by atoms with Gasteiger partial charge in [-0.2, -0.15) is 0 Å². The van der Waals surface area contributed by atoms with Gasteiger partial charge < -0.3 is 139 Å². The van der Waals surface area contributed by atoms with Crippen LogP contribution in [-0.2, 0) is 52.1 Å². The Kier molecular flexibility index (Phi) is 17.5. The van der Waals surface area contributed by atoms with E-state index in [9.17, 15) is 86.8 Å². The van der Waals surface area contributed by atoms with E-state index < -0.39 is 205 Å². The molecule has 17 N–H and O–H groups in total. The molecule has 28 heteroatoms. The van der Waals surface area contributed by atoms with E-state index in [-0.39, 0.29) is 0 Å². The smallest absolute Gasteiger partial charge is 0.187 e. The fourth-order valence-corrected chi connectivity index (χ4v) is 8.10. The summed E-state index contributed by atoms with van der Waals surface area (Å²) in [6.07, 6.45) is -53.1. The maximum Gasteiger partial charge on any atom is 0.187 e. The van der Waals surface area contributed by atoms with Crippen LogP contribution >= 0.6 is 0 Å². The Labute approximate surface area is 357 Å². The Morgan fingerprint density at radius 3 is 1.37 bits per heavy atom. The molecule has 28 nitrogen and oxygen atoms in total. The van der Waals surface area contributed by atoms with E-state index in [1.807, 2.05) is 0 Å². The Hall–Kier alpha value is -1.12. The summed E-state index contributed by atoms with van der Waals surface area (Å²) >= 11 is 0. The minimum Gasteiger partial charge on any atom is -0.394 e. The lowest BCUT2D eigenvalue weighted by Gasteiger charge is -2.51. The molecule has 0 spiro atoms. The molecule has 0 bridgehead atoms. The van der Waals surface area contributed by atoms with Crippen LogP contribution in [0.4, 0.5) is 0 Å². The zero-order valence-corrected chi connectivity index (χ0v) is 33.7. The van der Waals surface area contributed by atoms with Crippen molar-refractivity contribution in [3.63, 3.8) is 0 Å². The van der Waals surface area contributed by atoms with E-state index in [2.05, 4.69) is 0 Å². The number of ether oxygens (including phenoxy) is 11. The largest absolute Gasteiger partial charge is 0.394 e. The van der Waals surface area contributed by atoms with Crippen LogP contribution in [0.2, 0.25) is 0 Å². The minimum absolute atomic E-state index is 0.457. The highest BCUT2D eigenvalue weighted by atomic mass is 16.8. The summed E-state index contributed by atoms with van der Waals surface area (Å²) in [6, 6.07) is 0. The van der Waals surface area contributed by atoms with Crippen LogP contribution < -0.4 is 0 Å². The van der Waals surface area contributed by atoms with Crippen LogP contribution in [0.5, 0.6) is 0 Å². The predicted molar refractivity (Wildman–Crippen MR) is 190 cm³/mol. The standard InChI is InChI=1S/C35H60O28/c1-7-13(40)18(45)22(49)32(54-7)63-29-27(60-34-23(50)19(46)15(42)10(3-36)57-34)17(44)12(5-38)58-35(29)61-26-16(43)11(4-37)56-30(52)28(26)62-33-24(51)20(47)25(8(2)55-33)59-31-21(48)14(41)9(39)6-53-31/h7-52H,3-6H2,1-2H3/t7-,8-,9+,10+,11+,12+,13-,14-,15+,16+,17+,18+,19-,20-,21+,22+,23+,24+,25-,26-,27-,28+,29+,30?,31-,32-,33-,34-,35-/m0/s1. The maximum absolute atomic E-state index is 11.5. The first-order valence-electron chi connectivity index (χ1n) is 20.3. The number of aliphatic hydroxyl groups is 17. The predicted octanol–water partition coefficient (Wildman–Crippen LogP) is -11.4. The van der Waals surface area contributed by atoms with Crippen molar-refractivity contribution >= 4 is 0 Å². The number of rotatable bonds is 13. The van der Waals surface area contributed by atoms with Crippen LogP contribution in [0.25, 0.3) is 0 Å². The first-order chi connectivity index (χ1) is 29.7. The molecule has 0 aromatic rings. The summed E-state index contributed by atoms with van der Waals surface area (Å²) in [5, 5.41) is 180. The summed E-state index contributed by atoms with van der Waals surface area (Å²) in [7, 11) is 0. The van der Waals surface area contributed by atoms with Crippen molar-refractivity contribution in [3.05, 3.63) is 0 Å². The number of hydrogen-bond donors (Lipinski definition) is 17. The first kappa shape index (κ1) is 51.3. The van der Waals surface area contributed by atoms with Crippen LogP contribution in [0.15, 0.2) is 0 Å². The summed E-state index contributed by atoms with van der Waals surface area (Å²) in [4.78, 5) is 0. The van der Waals surface area contributed by atoms with Crippen molar-refractivity contribution in [2.45, 2.75) is 192 Å². The normalized spacial score (nSPS) is 54.8. The van der Waals surface area contributed by atoms with E-state index in [1.165, 1.54) is 13.8 Å². The zero-order valence-electron chi connectivity index (χ0n) is 33.7. The summed E-state index contributed by atoms with van der Waals surface area (Å²) < 4.78 is 62.7. The quantitative estimate of drug-likeness (QED) is 0.0815. The summed E-state index contributed by atoms with van der Waals surface area (Å²) in [5.74, 6) is 0. The van der Waals surface area contributed by atoms with Gasteiger partial charge in [0.2, 0.25) is 0 Å². The van der Waals surface area contributed by atoms with Gasteiger partial charge in [-0.1, -0.05) is 0 Å². The number of hydrogen-bond acceptors (Lipinski definition) is 28. The molecule has 6 fully saturated rings. The molecule has 368 valence electrons. The lowest BCUT2D eigenvalue weighted by atomic mass is 9.95. The third kappa shape index (κ3) is 10.5. The van der Waals surface area contributed by atoms with Crippen molar-refractivity contribution in [1.29, 1.82) is 0 Å². The van der Waals surface area contributed by atoms with E-state index in [0.717, 1.165) is 0 Å². The van der Waals surface area contributed by atoms with Crippen LogP contribution in [0.1, 0.15) is 13.8 Å². The molecule has 0 amide bonds. The van der Waals surface area contributed by atoms with Gasteiger partial charge in [0.1, 0.15) is 128 Å². The molecule has 0 saturated carbocycles. The molecule has 6 aliphatic rings. The maximum atomic E-state index is 11.5. The molecule has 6 heterocycles. The molecular weight excluding hydrogens is 868 g/mol. The average molecular weight is 929 g/mol. The Morgan fingerprint density at radius 1 is 0.349 bits per heavy atom. The Balaban J connectivity index is 1.29. The topological polar surface area (TPSA) is 445 Å². The third-order valence-electron chi connectivity index (χ3n) is 12.0. The van der Waals surface area contributed by atoms with Crippen molar-refractivity contribution in [2.75, 3.05) is 26.4 Å². The minimum atomic E-state index is -2.17. The average Bonchev–Trinajstić information content (AvgIpc) is 3.26. The first-order valence-corrected chi connectivity index (χ1v) is 20.3. The van der Waals surface area contributed by atoms with E-state index >= 15 is 0 Å². The van der Waals surface area contributed by atoms with E-state index in [4.69, 9.17) is 52.1 Å². The lowest BCUT2D eigenvalue weighted by molar-refractivity contribution is -0.413. The second-order valence-corrected chi connectivity index (χ2v) is 16.3. The second kappa shape index (κ2) is 21.5. The lowest BCUT2D eigenvalue weighted by Crippen LogP contribution is -2.69. The van der Waals surface area contributed by atoms with Crippen molar-refractivity contribution in [1.82, 2.24) is 0 Å². The highest BCUT2D eigenvalue weighted by molar-refractivity contribution is 5.00. The molecular formula is C35H60O28. The van der Waals surface area contributed by atoms with Gasteiger partial charge in [0.05, 0.1) is 38.6 Å². The molecule has 29 atom stereocenters. The van der Waals surface area contributed by atoms with Crippen molar-refractivity contribution < 1.29 is 139 Å². The molecule has 6 saturated heterocycles. The van der Waals surface area contributed by atoms with Gasteiger partial charge in [0.25, 0.3) is 0 Å². The van der Waals surface area contributed by atoms with Crippen LogP contribution in [-0.4, -0.2) is 291 Å². The SMILES string of the molecule is C[C@@H]1O[C@@H](O[C@H]2[C@H](O[C@H]3[C@H](O)[C@@H](CO)OC(O)[C@@H]3O[C@@H]3O[C@@H](C)[C@H](O[C@@H]4OC[C@@H](O)[C@H](O)[C@H]4O)[C@@H](O)[C@H]3O)O[C@H](CO)[C@@H](O)[C@@H]2O[C@@H]2O[C@H](CO)[C@@H](O)[C@H](O)[C@H]2O)[C@H](O)[C@H](O)[C@H]1O. The van der Waals surface area contributed by atoms with Crippen molar-refractivity contribution in [3.8, 4) is 0 Å². The van der Waals surface area contributed by atoms with Gasteiger partial charge in [0, 0.05) is 0 Å². The van der Waals surface area contributed by atoms with E-state index in [0.29, 0.717) is 0 Å². The highest BCUT2D eigenvalue weighted by Crippen LogP contribution is 2.38. The summed E-state index contributed by atoms with van der Waals surface area (Å²) in [5.41, 5.74) is 0. The molecule has 6 rings (SSSR count). The molecule has 0 radical (unpaired) electrons. The molecule has 0 aromatic heterocycles. The third-order valence-corrected chi connectivity index (χ3v) is 12.0. The van der Waals surface area contributed by atoms with Gasteiger partial charge in [0.15, 0.2) is 37.7 Å². The zero-order chi connectivity index (χ0) is 46.3. The van der Waals surface area contributed by atoms with Gasteiger partial charge in [-0.15, -0.1) is 0 Å². The van der Waals surface area contributed by atoms with Crippen LogP contribution in [0, 0.1) is 0 Å². The molecule has 0 aliphatic carbocycles. The van der Waals surface area contributed by atoms with E-state index in [1.54, 1.807) is 0 Å². The Bertz CT molecular complexity index is 1420. The fourth-order valence-electron chi connectivity index (χ4n) is 8.10. The van der Waals surface area contributed by atoms with Gasteiger partial charge in [-0.3, -0.25) is 0 Å². The van der Waals surface area contributed by atoms with Crippen LogP contribution in [0.3, 0.4) is 0 Å². The van der Waals surface area contributed by atoms with Gasteiger partial charge in [-0.25, -0.2) is 0 Å². The molecule has 0 aromatic carbocycles. The monoisotopic (exact) mass is 928 g/mol. The van der Waals surface area contributed by atoms with Gasteiger partial charge in [-0.05, 0) is 13.8 Å².